The zero-order chi connectivity index (χ0) is 11.1. The Balaban J connectivity index is 2.08. The fourth-order valence-corrected chi connectivity index (χ4v) is 2.63. The van der Waals surface area contributed by atoms with Gasteiger partial charge in [-0.15, -0.1) is 0 Å². The smallest absolute Gasteiger partial charge is 0.0220 e. The summed E-state index contributed by atoms with van der Waals surface area (Å²) in [6, 6.07) is 0.809. The Bertz CT molecular complexity index is 159. The molecule has 0 aromatic carbocycles. The van der Waals surface area contributed by atoms with E-state index in [2.05, 4.69) is 31.0 Å². The van der Waals surface area contributed by atoms with Crippen molar-refractivity contribution in [1.29, 1.82) is 0 Å². The molecule has 1 fully saturated rings. The molecule has 2 nitrogen and oxygen atoms in total. The summed E-state index contributed by atoms with van der Waals surface area (Å²) in [6.07, 6.45) is 5.45. The first-order valence-electron chi connectivity index (χ1n) is 6.72. The van der Waals surface area contributed by atoms with Gasteiger partial charge in [-0.3, -0.25) is 4.90 Å². The standard InChI is InChI=1S/C13H28N2/c1-4-7-12(3)10-14-11-13-8-6-9-15(13)5-2/h12-14H,4-11H2,1-3H3. The van der Waals surface area contributed by atoms with E-state index in [1.807, 2.05) is 0 Å². The molecule has 2 atom stereocenters. The molecule has 1 heterocycles. The lowest BCUT2D eigenvalue weighted by molar-refractivity contribution is 0.257. The Kier molecular flexibility index (Phi) is 6.26. The van der Waals surface area contributed by atoms with Crippen LogP contribution in [0.3, 0.4) is 0 Å². The third-order valence-electron chi connectivity index (χ3n) is 3.56. The van der Waals surface area contributed by atoms with E-state index in [1.54, 1.807) is 0 Å². The van der Waals surface area contributed by atoms with Crippen molar-refractivity contribution in [3.05, 3.63) is 0 Å². The molecule has 0 radical (unpaired) electrons. The summed E-state index contributed by atoms with van der Waals surface area (Å²) in [5, 5.41) is 3.63. The van der Waals surface area contributed by atoms with Gasteiger partial charge in [0.25, 0.3) is 0 Å². The van der Waals surface area contributed by atoms with Crippen LogP contribution in [0.15, 0.2) is 0 Å². The van der Waals surface area contributed by atoms with E-state index in [9.17, 15) is 0 Å². The second kappa shape index (κ2) is 7.24. The minimum Gasteiger partial charge on any atom is -0.315 e. The van der Waals surface area contributed by atoms with E-state index in [4.69, 9.17) is 0 Å². The van der Waals surface area contributed by atoms with E-state index in [-0.39, 0.29) is 0 Å². The second-order valence-electron chi connectivity index (χ2n) is 4.98. The van der Waals surface area contributed by atoms with Crippen LogP contribution in [0.5, 0.6) is 0 Å². The predicted molar refractivity (Wildman–Crippen MR) is 67.2 cm³/mol. The lowest BCUT2D eigenvalue weighted by Crippen LogP contribution is -2.39. The summed E-state index contributed by atoms with van der Waals surface area (Å²) >= 11 is 0. The molecule has 2 heteroatoms. The molecular weight excluding hydrogens is 184 g/mol. The Hall–Kier alpha value is -0.0800. The number of hydrogen-bond donors (Lipinski definition) is 1. The molecule has 1 saturated heterocycles. The van der Waals surface area contributed by atoms with E-state index < -0.39 is 0 Å². The zero-order valence-corrected chi connectivity index (χ0v) is 10.8. The first-order valence-corrected chi connectivity index (χ1v) is 6.72. The van der Waals surface area contributed by atoms with Crippen molar-refractivity contribution in [2.75, 3.05) is 26.2 Å². The third-order valence-corrected chi connectivity index (χ3v) is 3.56. The van der Waals surface area contributed by atoms with Crippen LogP contribution >= 0.6 is 0 Å². The van der Waals surface area contributed by atoms with Crippen LogP contribution in [0.4, 0.5) is 0 Å². The van der Waals surface area contributed by atoms with Crippen LogP contribution in [0.1, 0.15) is 46.5 Å². The quantitative estimate of drug-likeness (QED) is 0.697. The molecule has 2 unspecified atom stereocenters. The van der Waals surface area contributed by atoms with Gasteiger partial charge in [-0.1, -0.05) is 27.2 Å². The molecule has 15 heavy (non-hydrogen) atoms. The maximum Gasteiger partial charge on any atom is 0.0220 e. The van der Waals surface area contributed by atoms with Gasteiger partial charge in [0.2, 0.25) is 0 Å². The summed E-state index contributed by atoms with van der Waals surface area (Å²) in [4.78, 5) is 2.61. The molecule has 90 valence electrons. The normalized spacial score (nSPS) is 24.6. The molecule has 0 saturated carbocycles. The van der Waals surface area contributed by atoms with E-state index in [1.165, 1.54) is 51.9 Å². The highest BCUT2D eigenvalue weighted by molar-refractivity contribution is 4.80. The average molecular weight is 212 g/mol. The summed E-state index contributed by atoms with van der Waals surface area (Å²) < 4.78 is 0. The van der Waals surface area contributed by atoms with E-state index in [0.717, 1.165) is 12.0 Å². The van der Waals surface area contributed by atoms with Crippen LogP contribution in [-0.4, -0.2) is 37.1 Å². The van der Waals surface area contributed by atoms with Gasteiger partial charge >= 0.3 is 0 Å². The highest BCUT2D eigenvalue weighted by atomic mass is 15.2. The molecule has 0 bridgehead atoms. The minimum absolute atomic E-state index is 0.809. The van der Waals surface area contributed by atoms with Crippen molar-refractivity contribution in [2.24, 2.45) is 5.92 Å². The topological polar surface area (TPSA) is 15.3 Å². The highest BCUT2D eigenvalue weighted by Crippen LogP contribution is 2.15. The highest BCUT2D eigenvalue weighted by Gasteiger charge is 2.22. The molecule has 0 spiro atoms. The Morgan fingerprint density at radius 2 is 2.20 bits per heavy atom. The van der Waals surface area contributed by atoms with E-state index in [0.29, 0.717) is 0 Å². The maximum atomic E-state index is 3.63. The van der Waals surface area contributed by atoms with Gasteiger partial charge in [-0.05, 0) is 44.8 Å². The lowest BCUT2D eigenvalue weighted by Gasteiger charge is -2.23. The number of nitrogens with one attached hydrogen (secondary N) is 1. The SMILES string of the molecule is CCCC(C)CNCC1CCCN1CC. The van der Waals surface area contributed by atoms with Crippen LogP contribution in [0.2, 0.25) is 0 Å². The van der Waals surface area contributed by atoms with Gasteiger partial charge in [-0.2, -0.15) is 0 Å². The van der Waals surface area contributed by atoms with Gasteiger partial charge < -0.3 is 5.32 Å². The van der Waals surface area contributed by atoms with Crippen molar-refractivity contribution in [2.45, 2.75) is 52.5 Å². The summed E-state index contributed by atoms with van der Waals surface area (Å²) in [6.45, 7) is 11.8. The van der Waals surface area contributed by atoms with Gasteiger partial charge in [0.05, 0.1) is 0 Å². The largest absolute Gasteiger partial charge is 0.315 e. The number of rotatable bonds is 7. The monoisotopic (exact) mass is 212 g/mol. The number of nitrogens with zero attached hydrogens (tertiary/aromatic N) is 1. The number of hydrogen-bond acceptors (Lipinski definition) is 2. The summed E-state index contributed by atoms with van der Waals surface area (Å²) in [5.74, 6) is 0.839. The van der Waals surface area contributed by atoms with Crippen LogP contribution in [0.25, 0.3) is 0 Å². The van der Waals surface area contributed by atoms with Gasteiger partial charge in [0, 0.05) is 12.6 Å². The first-order chi connectivity index (χ1) is 7.27. The van der Waals surface area contributed by atoms with Crippen LogP contribution in [0, 0.1) is 5.92 Å². The molecule has 0 aliphatic carbocycles. The molecule has 1 N–H and O–H groups in total. The first kappa shape index (κ1) is 13.0. The maximum absolute atomic E-state index is 3.63. The predicted octanol–water partition coefficient (Wildman–Crippen LogP) is 2.50. The Morgan fingerprint density at radius 1 is 1.40 bits per heavy atom. The van der Waals surface area contributed by atoms with Crippen molar-refractivity contribution in [3.63, 3.8) is 0 Å². The molecule has 1 aliphatic rings. The molecule has 1 aliphatic heterocycles. The van der Waals surface area contributed by atoms with Crippen molar-refractivity contribution in [1.82, 2.24) is 10.2 Å². The fraction of sp³-hybridized carbons (Fsp3) is 1.00. The van der Waals surface area contributed by atoms with E-state index >= 15 is 0 Å². The lowest BCUT2D eigenvalue weighted by atomic mass is 10.1. The molecule has 0 aromatic rings. The van der Waals surface area contributed by atoms with Crippen molar-refractivity contribution < 1.29 is 0 Å². The number of likely N-dealkylation sites (N-methyl/N-ethyl adjacent to an activating group) is 1. The molecule has 0 aromatic heterocycles. The molecule has 1 rings (SSSR count). The van der Waals surface area contributed by atoms with Crippen LogP contribution < -0.4 is 5.32 Å². The van der Waals surface area contributed by atoms with Crippen molar-refractivity contribution >= 4 is 0 Å². The van der Waals surface area contributed by atoms with Gasteiger partial charge in [0.15, 0.2) is 0 Å². The summed E-state index contributed by atoms with van der Waals surface area (Å²) in [7, 11) is 0. The Labute approximate surface area is 95.4 Å². The molecular formula is C13H28N2. The third kappa shape index (κ3) is 4.52. The van der Waals surface area contributed by atoms with Gasteiger partial charge in [0.1, 0.15) is 0 Å². The Morgan fingerprint density at radius 3 is 2.87 bits per heavy atom. The summed E-state index contributed by atoms with van der Waals surface area (Å²) in [5.41, 5.74) is 0. The van der Waals surface area contributed by atoms with Crippen LogP contribution in [-0.2, 0) is 0 Å². The van der Waals surface area contributed by atoms with Crippen molar-refractivity contribution in [3.8, 4) is 0 Å². The zero-order valence-electron chi connectivity index (χ0n) is 10.8. The fourth-order valence-electron chi connectivity index (χ4n) is 2.63. The second-order valence-corrected chi connectivity index (χ2v) is 4.98. The molecule has 0 amide bonds. The average Bonchev–Trinajstić information content (AvgIpc) is 2.66. The minimum atomic E-state index is 0.809. The van der Waals surface area contributed by atoms with Gasteiger partial charge in [-0.25, -0.2) is 0 Å². The number of likely N-dealkylation sites (tertiary alicyclic amines) is 1.